The molecule has 2 aliphatic rings. The van der Waals surface area contributed by atoms with E-state index in [1.807, 2.05) is 55.2 Å². The first-order valence-corrected chi connectivity index (χ1v) is 7.04. The molecule has 0 saturated heterocycles. The Balaban J connectivity index is 1.75. The molecule has 0 N–H and O–H groups in total. The van der Waals surface area contributed by atoms with Crippen molar-refractivity contribution < 1.29 is 8.53 Å². The first kappa shape index (κ1) is 9.61. The number of furan rings is 1. The molecule has 2 aliphatic heterocycles. The summed E-state index contributed by atoms with van der Waals surface area (Å²) in [6.45, 7) is -0.356. The van der Waals surface area contributed by atoms with Crippen molar-refractivity contribution >= 4 is 30.1 Å². The zero-order valence-corrected chi connectivity index (χ0v) is 12.0. The van der Waals surface area contributed by atoms with Crippen LogP contribution in [0, 0.1) is 0 Å². The number of hydrogen-bond acceptors (Lipinski definition) is 4. The van der Waals surface area contributed by atoms with Crippen molar-refractivity contribution in [2.24, 2.45) is 0 Å². The summed E-state index contributed by atoms with van der Waals surface area (Å²) in [5.41, 5.74) is 1.69. The number of nitrogens with zero attached hydrogens (tertiary/aromatic N) is 3. The SMILES string of the molecule is [2H]C([2H])([2H])N1C=CN(B2C=c3oc4ccccc4c3=CN2C)[C@H]1C. The number of benzene rings is 1. The molecule has 0 radical (unpaired) electrons. The van der Waals surface area contributed by atoms with E-state index in [0.717, 1.165) is 21.6 Å². The van der Waals surface area contributed by atoms with Crippen LogP contribution in [0.3, 0.4) is 0 Å². The van der Waals surface area contributed by atoms with Crippen molar-refractivity contribution in [1.82, 2.24) is 14.5 Å². The molecule has 0 saturated carbocycles. The van der Waals surface area contributed by atoms with Crippen molar-refractivity contribution in [3.8, 4) is 0 Å². The Bertz CT molecular complexity index is 936. The molecule has 1 aromatic heterocycles. The number of fused-ring (bicyclic) bond motifs is 3. The average Bonchev–Trinajstić information content (AvgIpc) is 3.06. The summed E-state index contributed by atoms with van der Waals surface area (Å²) < 4.78 is 28.9. The predicted octanol–water partition coefficient (Wildman–Crippen LogP) is 0.989. The van der Waals surface area contributed by atoms with Crippen LogP contribution >= 0.6 is 0 Å². The Morgan fingerprint density at radius 3 is 2.95 bits per heavy atom. The second-order valence-electron chi connectivity index (χ2n) is 5.54. The largest absolute Gasteiger partial charge is 0.457 e. The van der Waals surface area contributed by atoms with E-state index in [9.17, 15) is 0 Å². The van der Waals surface area contributed by atoms with E-state index in [1.165, 1.54) is 4.90 Å². The van der Waals surface area contributed by atoms with Crippen molar-refractivity contribution in [2.75, 3.05) is 14.0 Å². The topological polar surface area (TPSA) is 22.9 Å². The van der Waals surface area contributed by atoms with Crippen molar-refractivity contribution in [2.45, 2.75) is 13.1 Å². The maximum Gasteiger partial charge on any atom is 0.408 e. The molecule has 4 nitrogen and oxygen atoms in total. The van der Waals surface area contributed by atoms with E-state index in [2.05, 4.69) is 11.0 Å². The van der Waals surface area contributed by atoms with Crippen molar-refractivity contribution in [1.29, 1.82) is 0 Å². The van der Waals surface area contributed by atoms with Gasteiger partial charge in [-0.2, -0.15) is 0 Å². The van der Waals surface area contributed by atoms with Gasteiger partial charge in [0.1, 0.15) is 11.0 Å². The van der Waals surface area contributed by atoms with Crippen LogP contribution in [-0.4, -0.2) is 41.7 Å². The third kappa shape index (κ3) is 1.77. The Morgan fingerprint density at radius 1 is 1.29 bits per heavy atom. The van der Waals surface area contributed by atoms with Crippen LogP contribution in [0.15, 0.2) is 41.1 Å². The van der Waals surface area contributed by atoms with E-state index < -0.39 is 6.98 Å². The standard InChI is InChI=1S/C16H18BN3O/c1-12-18(2)8-9-20(12)17-10-16-14(11-19(17)3)13-6-4-5-7-15(13)21-16/h4-12H,1-3H3/t12-/m0/s1/i2D3. The summed E-state index contributed by atoms with van der Waals surface area (Å²) in [6.07, 6.45) is 5.26. The van der Waals surface area contributed by atoms with Gasteiger partial charge in [0.05, 0.1) is 6.17 Å². The molecule has 1 atom stereocenters. The average molecular weight is 282 g/mol. The Kier molecular flexibility index (Phi) is 1.99. The summed E-state index contributed by atoms with van der Waals surface area (Å²) in [7, 11) is 1.99. The molecule has 3 heterocycles. The highest BCUT2D eigenvalue weighted by Gasteiger charge is 2.33. The fourth-order valence-electron chi connectivity index (χ4n) is 3.02. The number of para-hydroxylation sites is 1. The molecule has 0 spiro atoms. The minimum Gasteiger partial charge on any atom is -0.457 e. The third-order valence-corrected chi connectivity index (χ3v) is 4.25. The van der Waals surface area contributed by atoms with Gasteiger partial charge in [-0.1, -0.05) is 18.2 Å². The van der Waals surface area contributed by atoms with Crippen LogP contribution in [0.25, 0.3) is 23.1 Å². The number of rotatable bonds is 1. The second kappa shape index (κ2) is 4.35. The van der Waals surface area contributed by atoms with Gasteiger partial charge >= 0.3 is 6.98 Å². The van der Waals surface area contributed by atoms with Gasteiger partial charge in [0, 0.05) is 40.3 Å². The summed E-state index contributed by atoms with van der Waals surface area (Å²) in [5.74, 6) is 2.04. The highest BCUT2D eigenvalue weighted by Crippen LogP contribution is 2.18. The molecule has 106 valence electrons. The smallest absolute Gasteiger partial charge is 0.408 e. The lowest BCUT2D eigenvalue weighted by Crippen LogP contribution is -2.53. The fraction of sp³-hybridized carbons (Fsp3) is 0.250. The van der Waals surface area contributed by atoms with E-state index in [0.29, 0.717) is 0 Å². The van der Waals surface area contributed by atoms with Crippen LogP contribution in [0.1, 0.15) is 11.0 Å². The molecular formula is C16H18BN3O. The molecule has 2 aromatic rings. The Labute approximate surface area is 128 Å². The lowest BCUT2D eigenvalue weighted by atomic mass is 9.70. The molecule has 0 amide bonds. The van der Waals surface area contributed by atoms with Crippen LogP contribution in [0.5, 0.6) is 0 Å². The summed E-state index contributed by atoms with van der Waals surface area (Å²) >= 11 is 0. The van der Waals surface area contributed by atoms with Gasteiger partial charge in [0.25, 0.3) is 0 Å². The van der Waals surface area contributed by atoms with Gasteiger partial charge < -0.3 is 18.9 Å². The molecule has 4 rings (SSSR count). The van der Waals surface area contributed by atoms with Gasteiger partial charge in [-0.25, -0.2) is 0 Å². The van der Waals surface area contributed by atoms with E-state index in [1.54, 1.807) is 6.20 Å². The normalized spacial score (nSPS) is 23.5. The van der Waals surface area contributed by atoms with Crippen LogP contribution in [0.4, 0.5) is 0 Å². The van der Waals surface area contributed by atoms with Crippen molar-refractivity contribution in [3.63, 3.8) is 0 Å². The number of hydrogen-bond donors (Lipinski definition) is 0. The van der Waals surface area contributed by atoms with Gasteiger partial charge in [-0.05, 0) is 26.0 Å². The van der Waals surface area contributed by atoms with Crippen LogP contribution in [-0.2, 0) is 0 Å². The molecule has 0 aliphatic carbocycles. The van der Waals surface area contributed by atoms with E-state index in [4.69, 9.17) is 8.53 Å². The lowest BCUT2D eigenvalue weighted by Gasteiger charge is -2.35. The Morgan fingerprint density at radius 2 is 2.14 bits per heavy atom. The Hall–Kier alpha value is -2.30. The summed E-state index contributed by atoms with van der Waals surface area (Å²) in [5, 5.41) is 2.15. The molecule has 0 bridgehead atoms. The minimum atomic E-state index is -2.15. The van der Waals surface area contributed by atoms with E-state index in [-0.39, 0.29) is 13.1 Å². The monoisotopic (exact) mass is 282 g/mol. The minimum absolute atomic E-state index is 0.100. The van der Waals surface area contributed by atoms with Crippen LogP contribution < -0.4 is 10.6 Å². The van der Waals surface area contributed by atoms with E-state index >= 15 is 0 Å². The summed E-state index contributed by atoms with van der Waals surface area (Å²) in [6, 6.07) is 7.96. The first-order chi connectivity index (χ1) is 11.4. The predicted molar refractivity (Wildman–Crippen MR) is 86.1 cm³/mol. The molecule has 1 aromatic carbocycles. The zero-order valence-electron chi connectivity index (χ0n) is 15.0. The molecule has 5 heteroatoms. The lowest BCUT2D eigenvalue weighted by molar-refractivity contribution is 0.266. The highest BCUT2D eigenvalue weighted by atomic mass is 16.3. The van der Waals surface area contributed by atoms with Gasteiger partial charge in [0.2, 0.25) is 0 Å². The quantitative estimate of drug-likeness (QED) is 0.728. The summed E-state index contributed by atoms with van der Waals surface area (Å²) in [4.78, 5) is 5.48. The third-order valence-electron chi connectivity index (χ3n) is 4.25. The highest BCUT2D eigenvalue weighted by molar-refractivity contribution is 6.69. The van der Waals surface area contributed by atoms with Gasteiger partial charge in [0.15, 0.2) is 0 Å². The maximum absolute atomic E-state index is 7.64. The van der Waals surface area contributed by atoms with Gasteiger partial charge in [-0.3, -0.25) is 0 Å². The maximum atomic E-state index is 7.64. The molecule has 21 heavy (non-hydrogen) atoms. The molecule has 0 fully saturated rings. The first-order valence-electron chi connectivity index (χ1n) is 8.54. The zero-order chi connectivity index (χ0) is 17.1. The molecular weight excluding hydrogens is 261 g/mol. The van der Waals surface area contributed by atoms with Crippen LogP contribution in [0.2, 0.25) is 0 Å². The van der Waals surface area contributed by atoms with Crippen molar-refractivity contribution in [3.05, 3.63) is 47.3 Å². The second-order valence-corrected chi connectivity index (χ2v) is 5.54. The fourth-order valence-corrected chi connectivity index (χ4v) is 3.02. The van der Waals surface area contributed by atoms with Gasteiger partial charge in [-0.15, -0.1) is 0 Å². The molecule has 0 unspecified atom stereocenters.